The van der Waals surface area contributed by atoms with Gasteiger partial charge < -0.3 is 9.15 Å². The number of carbonyl (C=O) groups excluding carboxylic acids is 1. The van der Waals surface area contributed by atoms with E-state index < -0.39 is 21.3 Å². The molecule has 0 amide bonds. The summed E-state index contributed by atoms with van der Waals surface area (Å²) in [6.45, 7) is 3.66. The number of benzene rings is 1. The molecule has 1 aromatic heterocycles. The molecule has 6 heteroatoms. The lowest BCUT2D eigenvalue weighted by Gasteiger charge is -2.12. The molecule has 3 rings (SSSR count). The van der Waals surface area contributed by atoms with Crippen LogP contribution in [0, 0.1) is 5.41 Å². The van der Waals surface area contributed by atoms with E-state index in [0.717, 1.165) is 17.4 Å². The Balaban J connectivity index is 1.86. The molecule has 1 aromatic carbocycles. The van der Waals surface area contributed by atoms with Crippen molar-refractivity contribution in [1.29, 1.82) is 0 Å². The molecule has 0 N–H and O–H groups in total. The maximum absolute atomic E-state index is 12.1. The molecule has 1 aliphatic carbocycles. The van der Waals surface area contributed by atoms with E-state index >= 15 is 0 Å². The maximum Gasteiger partial charge on any atom is 0.336 e. The summed E-state index contributed by atoms with van der Waals surface area (Å²) in [5.74, 6) is -0.464. The fraction of sp³-hybridized carbons (Fsp3) is 0.412. The number of esters is 1. The molecule has 122 valence electrons. The van der Waals surface area contributed by atoms with Crippen LogP contribution < -0.4 is 5.63 Å². The molecule has 1 fully saturated rings. The molecule has 0 aliphatic heterocycles. The SMILES string of the molecule is CCc1ccc2c(COC(=O)[C@]3(C)CC3(Cl)Cl)cc(=O)oc2c1. The third-order valence-corrected chi connectivity index (χ3v) is 5.47. The summed E-state index contributed by atoms with van der Waals surface area (Å²) in [6, 6.07) is 6.99. The van der Waals surface area contributed by atoms with Crippen molar-refractivity contribution in [3.8, 4) is 0 Å². The van der Waals surface area contributed by atoms with Gasteiger partial charge in [-0.05, 0) is 25.0 Å². The number of halogens is 2. The molecular weight excluding hydrogens is 339 g/mol. The average Bonchev–Trinajstić information content (AvgIpc) is 3.03. The van der Waals surface area contributed by atoms with Crippen molar-refractivity contribution in [3.63, 3.8) is 0 Å². The number of aryl methyl sites for hydroxylation is 1. The number of hydrogen-bond acceptors (Lipinski definition) is 4. The standard InChI is InChI=1S/C17H16Cl2O4/c1-3-10-4-5-12-11(7-14(20)23-13(12)6-10)8-22-15(21)16(2)9-17(16,18)19/h4-7H,3,8-9H2,1-2H3/t16-/m0/s1. The number of rotatable bonds is 4. The molecule has 0 radical (unpaired) electrons. The highest BCUT2D eigenvalue weighted by atomic mass is 35.5. The second-order valence-electron chi connectivity index (χ2n) is 6.06. The summed E-state index contributed by atoms with van der Waals surface area (Å²) < 4.78 is 9.48. The largest absolute Gasteiger partial charge is 0.460 e. The van der Waals surface area contributed by atoms with Gasteiger partial charge in [0.05, 0.1) is 0 Å². The smallest absolute Gasteiger partial charge is 0.336 e. The molecule has 0 bridgehead atoms. The van der Waals surface area contributed by atoms with Gasteiger partial charge in [-0.25, -0.2) is 4.79 Å². The van der Waals surface area contributed by atoms with Gasteiger partial charge in [-0.15, -0.1) is 23.2 Å². The van der Waals surface area contributed by atoms with Crippen molar-refractivity contribution in [2.24, 2.45) is 5.41 Å². The molecule has 23 heavy (non-hydrogen) atoms. The van der Waals surface area contributed by atoms with Crippen LogP contribution in [0.3, 0.4) is 0 Å². The molecular formula is C17H16Cl2O4. The first-order valence-electron chi connectivity index (χ1n) is 7.37. The van der Waals surface area contributed by atoms with Crippen LogP contribution in [-0.2, 0) is 22.6 Å². The highest BCUT2D eigenvalue weighted by Gasteiger charge is 2.69. The van der Waals surface area contributed by atoms with Crippen LogP contribution in [0.5, 0.6) is 0 Å². The number of alkyl halides is 2. The van der Waals surface area contributed by atoms with Gasteiger partial charge in [0.1, 0.15) is 21.9 Å². The van der Waals surface area contributed by atoms with E-state index in [9.17, 15) is 9.59 Å². The van der Waals surface area contributed by atoms with Crippen molar-refractivity contribution in [1.82, 2.24) is 0 Å². The Bertz CT molecular complexity index is 840. The van der Waals surface area contributed by atoms with E-state index in [0.29, 0.717) is 17.6 Å². The van der Waals surface area contributed by atoms with Crippen LogP contribution >= 0.6 is 23.2 Å². The third kappa shape index (κ3) is 2.86. The molecule has 1 aliphatic rings. The molecule has 2 aromatic rings. The van der Waals surface area contributed by atoms with Gasteiger partial charge in [-0.1, -0.05) is 19.1 Å². The Kier molecular flexibility index (Phi) is 3.93. The van der Waals surface area contributed by atoms with E-state index in [-0.39, 0.29) is 6.61 Å². The first-order valence-corrected chi connectivity index (χ1v) is 8.13. The van der Waals surface area contributed by atoms with Crippen molar-refractivity contribution in [2.75, 3.05) is 0 Å². The van der Waals surface area contributed by atoms with E-state index in [2.05, 4.69) is 0 Å². The Morgan fingerprint density at radius 1 is 1.35 bits per heavy atom. The van der Waals surface area contributed by atoms with Gasteiger partial charge in [0, 0.05) is 23.4 Å². The number of carbonyl (C=O) groups is 1. The van der Waals surface area contributed by atoms with Crippen molar-refractivity contribution < 1.29 is 13.9 Å². The van der Waals surface area contributed by atoms with Gasteiger partial charge in [0.15, 0.2) is 0 Å². The van der Waals surface area contributed by atoms with E-state index in [1.54, 1.807) is 6.92 Å². The van der Waals surface area contributed by atoms with Crippen LogP contribution in [0.2, 0.25) is 0 Å². The molecule has 1 saturated carbocycles. The second-order valence-corrected chi connectivity index (χ2v) is 7.55. The zero-order valence-electron chi connectivity index (χ0n) is 12.8. The minimum absolute atomic E-state index is 0.0220. The van der Waals surface area contributed by atoms with Gasteiger partial charge in [0.2, 0.25) is 0 Å². The monoisotopic (exact) mass is 354 g/mol. The quantitative estimate of drug-likeness (QED) is 0.473. The van der Waals surface area contributed by atoms with Gasteiger partial charge in [-0.2, -0.15) is 0 Å². The predicted molar refractivity (Wildman–Crippen MR) is 88.8 cm³/mol. The predicted octanol–water partition coefficient (Wildman–Crippen LogP) is 3.98. The Hall–Kier alpha value is -1.52. The zero-order chi connectivity index (χ0) is 16.8. The van der Waals surface area contributed by atoms with Gasteiger partial charge >= 0.3 is 11.6 Å². The first-order chi connectivity index (χ1) is 10.8. The highest BCUT2D eigenvalue weighted by molar-refractivity contribution is 6.53. The maximum atomic E-state index is 12.1. The second kappa shape index (κ2) is 5.53. The Morgan fingerprint density at radius 3 is 2.65 bits per heavy atom. The molecule has 1 heterocycles. The van der Waals surface area contributed by atoms with Crippen LogP contribution in [0.4, 0.5) is 0 Å². The van der Waals surface area contributed by atoms with Crippen molar-refractivity contribution in [2.45, 2.75) is 37.6 Å². The lowest BCUT2D eigenvalue weighted by Crippen LogP contribution is -2.21. The zero-order valence-corrected chi connectivity index (χ0v) is 14.3. The first kappa shape index (κ1) is 16.3. The summed E-state index contributed by atoms with van der Waals surface area (Å²) in [7, 11) is 0. The lowest BCUT2D eigenvalue weighted by molar-refractivity contribution is -0.150. The van der Waals surface area contributed by atoms with Crippen LogP contribution in [0.1, 0.15) is 31.4 Å². The summed E-state index contributed by atoms with van der Waals surface area (Å²) in [5.41, 5.74) is 0.796. The Morgan fingerprint density at radius 2 is 2.04 bits per heavy atom. The van der Waals surface area contributed by atoms with E-state index in [4.69, 9.17) is 32.4 Å². The molecule has 0 unspecified atom stereocenters. The topological polar surface area (TPSA) is 56.5 Å². The summed E-state index contributed by atoms with van der Waals surface area (Å²) in [4.78, 5) is 23.9. The van der Waals surface area contributed by atoms with Crippen LogP contribution in [-0.4, -0.2) is 10.3 Å². The van der Waals surface area contributed by atoms with E-state index in [1.165, 1.54) is 6.07 Å². The normalized spacial score (nSPS) is 22.1. The summed E-state index contributed by atoms with van der Waals surface area (Å²) >= 11 is 12.0. The van der Waals surface area contributed by atoms with Crippen LogP contribution in [0.15, 0.2) is 33.5 Å². The third-order valence-electron chi connectivity index (χ3n) is 4.37. The summed E-state index contributed by atoms with van der Waals surface area (Å²) in [5, 5.41) is 0.749. The number of fused-ring (bicyclic) bond motifs is 1. The average molecular weight is 355 g/mol. The number of hydrogen-bond donors (Lipinski definition) is 0. The molecule has 1 atom stereocenters. The van der Waals surface area contributed by atoms with E-state index in [1.807, 2.05) is 25.1 Å². The van der Waals surface area contributed by atoms with Gasteiger partial charge in [-0.3, -0.25) is 4.79 Å². The van der Waals surface area contributed by atoms with Crippen LogP contribution in [0.25, 0.3) is 11.0 Å². The Labute approximate surface area is 143 Å². The highest BCUT2D eigenvalue weighted by Crippen LogP contribution is 2.64. The summed E-state index contributed by atoms with van der Waals surface area (Å²) in [6.07, 6.45) is 1.20. The fourth-order valence-electron chi connectivity index (χ4n) is 2.54. The molecule has 0 saturated heterocycles. The van der Waals surface area contributed by atoms with Gasteiger partial charge in [0.25, 0.3) is 0 Å². The number of ether oxygens (including phenoxy) is 1. The van der Waals surface area contributed by atoms with Crippen molar-refractivity contribution >= 4 is 40.1 Å². The minimum Gasteiger partial charge on any atom is -0.460 e. The molecule has 4 nitrogen and oxygen atoms in total. The minimum atomic E-state index is -1.07. The lowest BCUT2D eigenvalue weighted by atomic mass is 10.1. The molecule has 0 spiro atoms. The van der Waals surface area contributed by atoms with Crippen molar-refractivity contribution in [3.05, 3.63) is 45.8 Å². The fourth-order valence-corrected chi connectivity index (χ4v) is 3.23.